The Hall–Kier alpha value is -1.85. The van der Waals surface area contributed by atoms with Gasteiger partial charge in [0.15, 0.2) is 5.69 Å². The second kappa shape index (κ2) is 3.96. The summed E-state index contributed by atoms with van der Waals surface area (Å²) in [5, 5.41) is 6.80. The minimum atomic E-state index is -0.496. The molecule has 16 heavy (non-hydrogen) atoms. The molecular weight excluding hydrogens is 210 g/mol. The minimum Gasteiger partial charge on any atom is -0.461 e. The van der Waals surface area contributed by atoms with Crippen LogP contribution in [0, 0.1) is 0 Å². The van der Waals surface area contributed by atoms with E-state index in [4.69, 9.17) is 4.74 Å². The van der Waals surface area contributed by atoms with Gasteiger partial charge in [0.2, 0.25) is 0 Å². The van der Waals surface area contributed by atoms with Crippen molar-refractivity contribution >= 4 is 11.9 Å². The number of carbonyl (C=O) groups excluding carboxylic acids is 2. The molecule has 1 aliphatic rings. The zero-order valence-corrected chi connectivity index (χ0v) is 9.19. The molecule has 0 aliphatic carbocycles. The molecule has 0 unspecified atom stereocenters. The van der Waals surface area contributed by atoms with Gasteiger partial charge in [0, 0.05) is 12.6 Å². The van der Waals surface area contributed by atoms with Crippen molar-refractivity contribution in [2.75, 3.05) is 13.2 Å². The molecule has 1 aliphatic heterocycles. The molecule has 6 heteroatoms. The van der Waals surface area contributed by atoms with Crippen molar-refractivity contribution in [3.05, 3.63) is 17.5 Å². The molecule has 1 aromatic heterocycles. The lowest BCUT2D eigenvalue weighted by molar-refractivity contribution is 0.0517. The number of esters is 1. The molecular formula is C10H13N3O3. The van der Waals surface area contributed by atoms with E-state index in [2.05, 4.69) is 10.4 Å². The number of amides is 1. The largest absolute Gasteiger partial charge is 0.461 e. The number of nitrogens with zero attached hydrogens (tertiary/aromatic N) is 2. The first-order valence-electron chi connectivity index (χ1n) is 5.18. The Kier molecular flexibility index (Phi) is 2.64. The summed E-state index contributed by atoms with van der Waals surface area (Å²) >= 11 is 0. The lowest BCUT2D eigenvalue weighted by Crippen LogP contribution is -2.38. The van der Waals surface area contributed by atoms with Crippen LogP contribution in [0.15, 0.2) is 6.07 Å². The highest BCUT2D eigenvalue weighted by Crippen LogP contribution is 2.16. The standard InChI is InChI=1S/C10H13N3O3/c1-3-16-10(15)7-4-8-9(14)11-5-6(2)13(8)12-7/h4,6H,3,5H2,1-2H3,(H,11,14)/t6-/m1/s1. The maximum absolute atomic E-state index is 11.5. The van der Waals surface area contributed by atoms with E-state index in [0.717, 1.165) is 0 Å². The second-order valence-corrected chi connectivity index (χ2v) is 3.64. The fourth-order valence-corrected chi connectivity index (χ4v) is 1.62. The van der Waals surface area contributed by atoms with Crippen LogP contribution >= 0.6 is 0 Å². The van der Waals surface area contributed by atoms with Gasteiger partial charge in [-0.15, -0.1) is 0 Å². The third kappa shape index (κ3) is 1.66. The Balaban J connectivity index is 2.35. The van der Waals surface area contributed by atoms with Crippen LogP contribution in [0.2, 0.25) is 0 Å². The van der Waals surface area contributed by atoms with Gasteiger partial charge in [-0.05, 0) is 13.8 Å². The van der Waals surface area contributed by atoms with Gasteiger partial charge in [0.25, 0.3) is 5.91 Å². The van der Waals surface area contributed by atoms with Crippen LogP contribution in [0.4, 0.5) is 0 Å². The molecule has 1 N–H and O–H groups in total. The molecule has 86 valence electrons. The normalized spacial score (nSPS) is 18.9. The van der Waals surface area contributed by atoms with Crippen molar-refractivity contribution in [2.45, 2.75) is 19.9 Å². The molecule has 0 bridgehead atoms. The van der Waals surface area contributed by atoms with Crippen LogP contribution in [0.1, 0.15) is 40.9 Å². The van der Waals surface area contributed by atoms with Crippen LogP contribution in [0.25, 0.3) is 0 Å². The first-order chi connectivity index (χ1) is 7.63. The summed E-state index contributed by atoms with van der Waals surface area (Å²) in [5.41, 5.74) is 0.586. The smallest absolute Gasteiger partial charge is 0.358 e. The van der Waals surface area contributed by atoms with Crippen molar-refractivity contribution < 1.29 is 14.3 Å². The van der Waals surface area contributed by atoms with Crippen LogP contribution in [-0.4, -0.2) is 34.8 Å². The highest BCUT2D eigenvalue weighted by Gasteiger charge is 2.26. The first kappa shape index (κ1) is 10.7. The van der Waals surface area contributed by atoms with Crippen molar-refractivity contribution in [3.8, 4) is 0 Å². The molecule has 0 aromatic carbocycles. The summed E-state index contributed by atoms with van der Waals surface area (Å²) in [6.45, 7) is 4.46. The molecule has 0 saturated heterocycles. The maximum Gasteiger partial charge on any atom is 0.358 e. The Bertz CT molecular complexity index is 439. The van der Waals surface area contributed by atoms with Gasteiger partial charge >= 0.3 is 5.97 Å². The summed E-state index contributed by atoms with van der Waals surface area (Å²) < 4.78 is 6.39. The van der Waals surface area contributed by atoms with E-state index < -0.39 is 5.97 Å². The highest BCUT2D eigenvalue weighted by molar-refractivity contribution is 5.96. The SMILES string of the molecule is CCOC(=O)c1cc2n(n1)[C@H](C)CNC2=O. The maximum atomic E-state index is 11.5. The lowest BCUT2D eigenvalue weighted by Gasteiger charge is -2.20. The van der Waals surface area contributed by atoms with E-state index >= 15 is 0 Å². The van der Waals surface area contributed by atoms with E-state index in [9.17, 15) is 9.59 Å². The van der Waals surface area contributed by atoms with Gasteiger partial charge in [-0.25, -0.2) is 4.79 Å². The molecule has 2 heterocycles. The zero-order chi connectivity index (χ0) is 11.7. The molecule has 1 amide bonds. The number of aromatic nitrogens is 2. The van der Waals surface area contributed by atoms with E-state index in [1.807, 2.05) is 6.92 Å². The third-order valence-electron chi connectivity index (χ3n) is 2.43. The third-order valence-corrected chi connectivity index (χ3v) is 2.43. The summed E-state index contributed by atoms with van der Waals surface area (Å²) in [6.07, 6.45) is 0. The predicted molar refractivity (Wildman–Crippen MR) is 55.2 cm³/mol. The summed E-state index contributed by atoms with van der Waals surface area (Å²) in [7, 11) is 0. The number of rotatable bonds is 2. The average molecular weight is 223 g/mol. The summed E-state index contributed by atoms with van der Waals surface area (Å²) in [6, 6.07) is 1.51. The topological polar surface area (TPSA) is 73.2 Å². The Morgan fingerprint density at radius 3 is 3.12 bits per heavy atom. The number of hydrogen-bond donors (Lipinski definition) is 1. The van der Waals surface area contributed by atoms with Gasteiger partial charge in [-0.1, -0.05) is 0 Å². The molecule has 0 saturated carbocycles. The van der Waals surface area contributed by atoms with Crippen molar-refractivity contribution in [1.82, 2.24) is 15.1 Å². The minimum absolute atomic E-state index is 0.0517. The number of hydrogen-bond acceptors (Lipinski definition) is 4. The highest BCUT2D eigenvalue weighted by atomic mass is 16.5. The number of ether oxygens (including phenoxy) is 1. The molecule has 0 spiro atoms. The number of nitrogens with one attached hydrogen (secondary N) is 1. The van der Waals surface area contributed by atoms with E-state index in [-0.39, 0.29) is 17.6 Å². The Morgan fingerprint density at radius 2 is 2.50 bits per heavy atom. The molecule has 2 rings (SSSR count). The zero-order valence-electron chi connectivity index (χ0n) is 9.19. The van der Waals surface area contributed by atoms with Gasteiger partial charge in [0.1, 0.15) is 5.69 Å². The van der Waals surface area contributed by atoms with Gasteiger partial charge in [-0.2, -0.15) is 5.10 Å². The van der Waals surface area contributed by atoms with Crippen molar-refractivity contribution in [1.29, 1.82) is 0 Å². The molecule has 0 radical (unpaired) electrons. The van der Waals surface area contributed by atoms with Crippen LogP contribution < -0.4 is 5.32 Å². The van der Waals surface area contributed by atoms with E-state index in [0.29, 0.717) is 18.8 Å². The molecule has 0 fully saturated rings. The lowest BCUT2D eigenvalue weighted by atomic mass is 10.2. The van der Waals surface area contributed by atoms with E-state index in [1.165, 1.54) is 6.07 Å². The van der Waals surface area contributed by atoms with Crippen molar-refractivity contribution in [2.24, 2.45) is 0 Å². The van der Waals surface area contributed by atoms with Crippen LogP contribution in [0.5, 0.6) is 0 Å². The second-order valence-electron chi connectivity index (χ2n) is 3.64. The first-order valence-corrected chi connectivity index (χ1v) is 5.18. The van der Waals surface area contributed by atoms with Gasteiger partial charge in [-0.3, -0.25) is 9.48 Å². The Morgan fingerprint density at radius 1 is 1.75 bits per heavy atom. The van der Waals surface area contributed by atoms with Crippen LogP contribution in [-0.2, 0) is 4.74 Å². The van der Waals surface area contributed by atoms with Gasteiger partial charge in [0.05, 0.1) is 12.6 Å². The van der Waals surface area contributed by atoms with Gasteiger partial charge < -0.3 is 10.1 Å². The van der Waals surface area contributed by atoms with E-state index in [1.54, 1.807) is 11.6 Å². The summed E-state index contributed by atoms with van der Waals surface area (Å²) in [4.78, 5) is 22.9. The predicted octanol–water partition coefficient (Wildman–Crippen LogP) is 0.364. The number of fused-ring (bicyclic) bond motifs is 1. The van der Waals surface area contributed by atoms with Crippen molar-refractivity contribution in [3.63, 3.8) is 0 Å². The monoisotopic (exact) mass is 223 g/mol. The summed E-state index contributed by atoms with van der Waals surface area (Å²) in [5.74, 6) is -0.703. The molecule has 6 nitrogen and oxygen atoms in total. The quantitative estimate of drug-likeness (QED) is 0.735. The Labute approximate surface area is 92.6 Å². The fraction of sp³-hybridized carbons (Fsp3) is 0.500. The average Bonchev–Trinajstić information content (AvgIpc) is 2.70. The van der Waals surface area contributed by atoms with Crippen LogP contribution in [0.3, 0.4) is 0 Å². The molecule has 1 aromatic rings. The molecule has 1 atom stereocenters. The fourth-order valence-electron chi connectivity index (χ4n) is 1.62. The number of carbonyl (C=O) groups is 2.